The summed E-state index contributed by atoms with van der Waals surface area (Å²) < 4.78 is 7.79. The molecule has 0 spiro atoms. The highest BCUT2D eigenvalue weighted by Crippen LogP contribution is 2.13. The van der Waals surface area contributed by atoms with Gasteiger partial charge in [0.25, 0.3) is 0 Å². The molecule has 0 saturated carbocycles. The molecule has 3 rings (SSSR count). The van der Waals surface area contributed by atoms with Gasteiger partial charge in [0.05, 0.1) is 18.3 Å². The van der Waals surface area contributed by atoms with Crippen molar-refractivity contribution in [3.63, 3.8) is 0 Å². The lowest BCUT2D eigenvalue weighted by Gasteiger charge is -2.05. The highest BCUT2D eigenvalue weighted by molar-refractivity contribution is 5.84. The lowest BCUT2D eigenvalue weighted by Crippen LogP contribution is -2.30. The lowest BCUT2D eigenvalue weighted by molar-refractivity contribution is -0.672. The molecule has 0 saturated heterocycles. The van der Waals surface area contributed by atoms with E-state index in [1.54, 1.807) is 6.21 Å². The minimum Gasteiger partial charge on any atom is -0.489 e. The maximum absolute atomic E-state index is 5.79. The molecule has 0 radical (unpaired) electrons. The summed E-state index contributed by atoms with van der Waals surface area (Å²) in [6.45, 7) is 2.21. The van der Waals surface area contributed by atoms with Crippen LogP contribution in [-0.4, -0.2) is 25.3 Å². The molecule has 0 aliphatic carbocycles. The van der Waals surface area contributed by atoms with E-state index >= 15 is 0 Å². The summed E-state index contributed by atoms with van der Waals surface area (Å²) in [6.07, 6.45) is 5.80. The van der Waals surface area contributed by atoms with Crippen molar-refractivity contribution in [2.24, 2.45) is 17.1 Å². The first-order valence-electron chi connectivity index (χ1n) is 7.54. The molecule has 0 atom stereocenters. The number of aliphatic imine (C=N–C) groups is 1. The van der Waals surface area contributed by atoms with Crippen LogP contribution >= 0.6 is 0 Å². The first-order chi connectivity index (χ1) is 11.3. The molecule has 0 amide bonds. The number of aromatic nitrogens is 1. The summed E-state index contributed by atoms with van der Waals surface area (Å²) in [5.41, 5.74) is 5.00. The van der Waals surface area contributed by atoms with Crippen molar-refractivity contribution < 1.29 is 9.30 Å². The zero-order valence-electron chi connectivity index (χ0n) is 13.1. The highest BCUT2D eigenvalue weighted by atomic mass is 16.5. The SMILES string of the molecule is C[n+]1cccc(COc2ccc(/C=N/NC3=NCCN3)cc2)c1. The van der Waals surface area contributed by atoms with Crippen LogP contribution in [-0.2, 0) is 13.7 Å². The van der Waals surface area contributed by atoms with Crippen LogP contribution in [0.3, 0.4) is 0 Å². The molecular formula is C17H20N5O+. The molecule has 2 aromatic rings. The summed E-state index contributed by atoms with van der Waals surface area (Å²) in [5.74, 6) is 1.56. The minimum atomic E-state index is 0.551. The van der Waals surface area contributed by atoms with E-state index in [1.165, 1.54) is 0 Å². The Labute approximate surface area is 135 Å². The van der Waals surface area contributed by atoms with Gasteiger partial charge >= 0.3 is 0 Å². The summed E-state index contributed by atoms with van der Waals surface area (Å²) >= 11 is 0. The number of hydrazone groups is 1. The number of ether oxygens (including phenoxy) is 1. The van der Waals surface area contributed by atoms with Crippen LogP contribution in [0.15, 0.2) is 58.9 Å². The van der Waals surface area contributed by atoms with E-state index < -0.39 is 0 Å². The molecule has 2 N–H and O–H groups in total. The van der Waals surface area contributed by atoms with Gasteiger partial charge in [-0.15, -0.1) is 0 Å². The number of hydrogen-bond donors (Lipinski definition) is 2. The zero-order chi connectivity index (χ0) is 15.9. The van der Waals surface area contributed by atoms with Gasteiger partial charge in [0.1, 0.15) is 19.4 Å². The van der Waals surface area contributed by atoms with Gasteiger partial charge in [-0.3, -0.25) is 0 Å². The smallest absolute Gasteiger partial charge is 0.212 e. The van der Waals surface area contributed by atoms with Gasteiger partial charge < -0.3 is 10.1 Å². The van der Waals surface area contributed by atoms with Crippen LogP contribution < -0.4 is 20.0 Å². The summed E-state index contributed by atoms with van der Waals surface area (Å²) in [7, 11) is 2.00. The van der Waals surface area contributed by atoms with Gasteiger partial charge in [0.15, 0.2) is 12.4 Å². The third-order valence-electron chi connectivity index (χ3n) is 3.34. The van der Waals surface area contributed by atoms with Crippen molar-refractivity contribution in [3.05, 3.63) is 59.9 Å². The molecule has 0 bridgehead atoms. The maximum Gasteiger partial charge on any atom is 0.212 e. The second kappa shape index (κ2) is 7.40. The fraction of sp³-hybridized carbons (Fsp3) is 0.235. The predicted molar refractivity (Wildman–Crippen MR) is 89.4 cm³/mol. The van der Waals surface area contributed by atoms with Crippen LogP contribution in [0.5, 0.6) is 5.75 Å². The number of pyridine rings is 1. The fourth-order valence-corrected chi connectivity index (χ4v) is 2.19. The molecule has 1 aromatic heterocycles. The predicted octanol–water partition coefficient (Wildman–Crippen LogP) is 0.973. The average Bonchev–Trinajstić information content (AvgIpc) is 3.08. The quantitative estimate of drug-likeness (QED) is 0.491. The summed E-state index contributed by atoms with van der Waals surface area (Å²) in [6, 6.07) is 11.9. The molecular weight excluding hydrogens is 290 g/mol. The molecule has 23 heavy (non-hydrogen) atoms. The van der Waals surface area contributed by atoms with Crippen molar-refractivity contribution in [2.45, 2.75) is 6.61 Å². The Kier molecular flexibility index (Phi) is 4.83. The second-order valence-corrected chi connectivity index (χ2v) is 5.26. The summed E-state index contributed by atoms with van der Waals surface area (Å²) in [4.78, 5) is 4.20. The van der Waals surface area contributed by atoms with Gasteiger partial charge in [0, 0.05) is 12.6 Å². The number of hydrogen-bond acceptors (Lipinski definition) is 5. The van der Waals surface area contributed by atoms with Crippen LogP contribution in [0.4, 0.5) is 0 Å². The van der Waals surface area contributed by atoms with E-state index in [4.69, 9.17) is 4.74 Å². The van der Waals surface area contributed by atoms with E-state index in [-0.39, 0.29) is 0 Å². The first-order valence-corrected chi connectivity index (χ1v) is 7.54. The third-order valence-corrected chi connectivity index (χ3v) is 3.34. The van der Waals surface area contributed by atoms with E-state index in [1.807, 2.05) is 60.4 Å². The van der Waals surface area contributed by atoms with Crippen LogP contribution in [0.25, 0.3) is 0 Å². The second-order valence-electron chi connectivity index (χ2n) is 5.26. The molecule has 2 heterocycles. The van der Waals surface area contributed by atoms with Gasteiger partial charge in [-0.25, -0.2) is 15.0 Å². The van der Waals surface area contributed by atoms with Gasteiger partial charge in [-0.2, -0.15) is 5.10 Å². The van der Waals surface area contributed by atoms with E-state index in [9.17, 15) is 0 Å². The van der Waals surface area contributed by atoms with Crippen molar-refractivity contribution in [3.8, 4) is 5.75 Å². The van der Waals surface area contributed by atoms with Crippen molar-refractivity contribution >= 4 is 12.2 Å². The largest absolute Gasteiger partial charge is 0.489 e. The van der Waals surface area contributed by atoms with Crippen molar-refractivity contribution in [2.75, 3.05) is 13.1 Å². The monoisotopic (exact) mass is 310 g/mol. The Hall–Kier alpha value is -2.89. The molecule has 1 aliphatic heterocycles. The van der Waals surface area contributed by atoms with E-state index in [0.29, 0.717) is 6.61 Å². The van der Waals surface area contributed by atoms with E-state index in [2.05, 4.69) is 20.8 Å². The molecule has 1 aliphatic rings. The Balaban J connectivity index is 1.51. The highest BCUT2D eigenvalue weighted by Gasteiger charge is 2.02. The standard InChI is InChI=1S/C17H20N5O/c1-22-10-2-3-15(12-22)13-23-16-6-4-14(5-7-16)11-20-21-17-18-8-9-19-17/h2-7,10-12H,8-9,13H2,1H3,(H2,18,19,21)/q+1/b20-11+. The summed E-state index contributed by atoms with van der Waals surface area (Å²) in [5, 5.41) is 7.24. The number of rotatable bonds is 5. The molecule has 0 fully saturated rings. The lowest BCUT2D eigenvalue weighted by atomic mass is 10.2. The first kappa shape index (κ1) is 15.0. The number of nitrogens with one attached hydrogen (secondary N) is 2. The average molecular weight is 310 g/mol. The topological polar surface area (TPSA) is 61.9 Å². The zero-order valence-corrected chi connectivity index (χ0v) is 13.1. The Morgan fingerprint density at radius 2 is 2.22 bits per heavy atom. The maximum atomic E-state index is 5.79. The number of benzene rings is 1. The van der Waals surface area contributed by atoms with Crippen LogP contribution in [0.2, 0.25) is 0 Å². The molecule has 6 nitrogen and oxygen atoms in total. The van der Waals surface area contributed by atoms with E-state index in [0.717, 1.165) is 35.9 Å². The molecule has 118 valence electrons. The molecule has 6 heteroatoms. The van der Waals surface area contributed by atoms with Crippen LogP contribution in [0, 0.1) is 0 Å². The van der Waals surface area contributed by atoms with Crippen molar-refractivity contribution in [1.29, 1.82) is 0 Å². The molecule has 0 unspecified atom stereocenters. The van der Waals surface area contributed by atoms with Gasteiger partial charge in [-0.1, -0.05) is 0 Å². The van der Waals surface area contributed by atoms with Gasteiger partial charge in [-0.05, 0) is 35.9 Å². The number of aryl methyl sites for hydroxylation is 1. The minimum absolute atomic E-state index is 0.551. The Morgan fingerprint density at radius 1 is 1.35 bits per heavy atom. The van der Waals surface area contributed by atoms with Gasteiger partial charge in [0.2, 0.25) is 5.96 Å². The third kappa shape index (κ3) is 4.54. The Morgan fingerprint density at radius 3 is 2.96 bits per heavy atom. The van der Waals surface area contributed by atoms with Crippen LogP contribution in [0.1, 0.15) is 11.1 Å². The Bertz CT molecular complexity index is 709. The fourth-order valence-electron chi connectivity index (χ4n) is 2.19. The normalized spacial score (nSPS) is 13.7. The number of guanidine groups is 1. The van der Waals surface area contributed by atoms with Crippen molar-refractivity contribution in [1.82, 2.24) is 10.7 Å². The molecule has 1 aromatic carbocycles. The number of nitrogens with zero attached hydrogens (tertiary/aromatic N) is 3.